The van der Waals surface area contributed by atoms with E-state index in [9.17, 15) is 9.59 Å². The molecular weight excluding hydrogens is 336 g/mol. The fraction of sp³-hybridized carbons (Fsp3) is 0.133. The number of hydrogen-bond donors (Lipinski definition) is 2. The van der Waals surface area contributed by atoms with Crippen LogP contribution in [-0.2, 0) is 4.79 Å². The Morgan fingerprint density at radius 1 is 1.38 bits per heavy atom. The molecule has 0 bridgehead atoms. The van der Waals surface area contributed by atoms with Crippen LogP contribution in [-0.4, -0.2) is 23.9 Å². The zero-order valence-electron chi connectivity index (χ0n) is 12.5. The van der Waals surface area contributed by atoms with Gasteiger partial charge in [0.15, 0.2) is 17.8 Å². The summed E-state index contributed by atoms with van der Waals surface area (Å²) >= 11 is 5.86. The van der Waals surface area contributed by atoms with Crippen LogP contribution in [0.2, 0.25) is 0 Å². The Kier molecular flexibility index (Phi) is 4.39. The number of amides is 3. The highest BCUT2D eigenvalue weighted by molar-refractivity contribution is 6.68. The molecule has 0 aliphatic carbocycles. The van der Waals surface area contributed by atoms with Gasteiger partial charge < -0.3 is 14.8 Å². The highest BCUT2D eigenvalue weighted by atomic mass is 35.5. The van der Waals surface area contributed by atoms with Gasteiger partial charge in [0.2, 0.25) is 6.41 Å². The molecular formula is C15H13ClN4O4. The van der Waals surface area contributed by atoms with Gasteiger partial charge in [-0.3, -0.25) is 10.1 Å². The van der Waals surface area contributed by atoms with Gasteiger partial charge in [-0.15, -0.1) is 0 Å². The molecule has 124 valence electrons. The molecule has 2 heterocycles. The fourth-order valence-corrected chi connectivity index (χ4v) is 2.41. The van der Waals surface area contributed by atoms with Crippen molar-refractivity contribution >= 4 is 34.9 Å². The minimum absolute atomic E-state index is 0.250. The van der Waals surface area contributed by atoms with Crippen LogP contribution in [0.3, 0.4) is 0 Å². The van der Waals surface area contributed by atoms with Crippen molar-refractivity contribution in [1.82, 2.24) is 10.6 Å². The van der Waals surface area contributed by atoms with E-state index in [4.69, 9.17) is 21.1 Å². The number of hydrogen-bond acceptors (Lipinski definition) is 6. The Bertz CT molecular complexity index is 775. The van der Waals surface area contributed by atoms with E-state index in [1.807, 2.05) is 0 Å². The number of rotatable bonds is 3. The van der Waals surface area contributed by atoms with Gasteiger partial charge in [-0.2, -0.15) is 0 Å². The predicted octanol–water partition coefficient (Wildman–Crippen LogP) is 2.03. The Hall–Kier alpha value is -3.00. The Morgan fingerprint density at radius 3 is 2.83 bits per heavy atom. The zero-order valence-corrected chi connectivity index (χ0v) is 13.3. The van der Waals surface area contributed by atoms with Gasteiger partial charge in [0.05, 0.1) is 5.69 Å². The summed E-state index contributed by atoms with van der Waals surface area (Å²) in [6.07, 6.45) is 4.00. The van der Waals surface area contributed by atoms with Crippen molar-refractivity contribution in [3.05, 3.63) is 42.5 Å². The standard InChI is InChI=1S/C15H13ClN4O4/c1-9-6-13(16)18-14(17-9)19-15(22)20(8-21)10-2-3-11-12(7-10)24-5-4-23-11/h2-8,14,17H,1H3,(H,19,22). The van der Waals surface area contributed by atoms with E-state index in [1.165, 1.54) is 18.6 Å². The van der Waals surface area contributed by atoms with E-state index >= 15 is 0 Å². The van der Waals surface area contributed by atoms with Crippen molar-refractivity contribution in [3.63, 3.8) is 0 Å². The van der Waals surface area contributed by atoms with Crippen molar-refractivity contribution in [1.29, 1.82) is 0 Å². The molecule has 0 fully saturated rings. The van der Waals surface area contributed by atoms with E-state index in [2.05, 4.69) is 15.6 Å². The van der Waals surface area contributed by atoms with Crippen molar-refractivity contribution in [3.8, 4) is 11.5 Å². The largest absolute Gasteiger partial charge is 0.458 e. The fourth-order valence-electron chi connectivity index (χ4n) is 2.15. The molecule has 0 spiro atoms. The number of nitrogens with one attached hydrogen (secondary N) is 2. The van der Waals surface area contributed by atoms with Crippen LogP contribution in [0.25, 0.3) is 0 Å². The third-order valence-corrected chi connectivity index (χ3v) is 3.39. The summed E-state index contributed by atoms with van der Waals surface area (Å²) in [4.78, 5) is 28.6. The van der Waals surface area contributed by atoms with Crippen molar-refractivity contribution in [2.75, 3.05) is 4.90 Å². The lowest BCUT2D eigenvalue weighted by Gasteiger charge is -2.24. The number of aliphatic imine (C=N–C) groups is 1. The number of ether oxygens (including phenoxy) is 2. The first-order valence-electron chi connectivity index (χ1n) is 6.92. The number of carbonyl (C=O) groups is 2. The molecule has 1 unspecified atom stereocenters. The molecule has 3 rings (SSSR count). The van der Waals surface area contributed by atoms with Crippen molar-refractivity contribution in [2.45, 2.75) is 13.2 Å². The van der Waals surface area contributed by atoms with Crippen molar-refractivity contribution < 1.29 is 19.1 Å². The number of benzene rings is 1. The SMILES string of the molecule is CC1=CC(Cl)=NC(NC(=O)N(C=O)c2ccc3c(c2)OC=CO3)N1. The third-order valence-electron chi connectivity index (χ3n) is 3.19. The van der Waals surface area contributed by atoms with Crippen LogP contribution in [0.1, 0.15) is 6.92 Å². The summed E-state index contributed by atoms with van der Waals surface area (Å²) in [5.41, 5.74) is 1.06. The molecule has 1 atom stereocenters. The van der Waals surface area contributed by atoms with Crippen LogP contribution < -0.4 is 25.0 Å². The third kappa shape index (κ3) is 3.33. The topological polar surface area (TPSA) is 92.3 Å². The van der Waals surface area contributed by atoms with Gasteiger partial charge in [0.1, 0.15) is 17.7 Å². The van der Waals surface area contributed by atoms with E-state index in [0.29, 0.717) is 23.6 Å². The molecule has 8 nitrogen and oxygen atoms in total. The Labute approximate surface area is 142 Å². The van der Waals surface area contributed by atoms with E-state index < -0.39 is 12.3 Å². The summed E-state index contributed by atoms with van der Waals surface area (Å²) < 4.78 is 10.5. The van der Waals surface area contributed by atoms with Crippen LogP contribution in [0.15, 0.2) is 47.5 Å². The molecule has 0 radical (unpaired) electrons. The first-order chi connectivity index (χ1) is 11.6. The van der Waals surface area contributed by atoms with Gasteiger partial charge in [-0.25, -0.2) is 14.7 Å². The molecule has 1 aromatic rings. The highest BCUT2D eigenvalue weighted by Gasteiger charge is 2.22. The quantitative estimate of drug-likeness (QED) is 0.815. The van der Waals surface area contributed by atoms with E-state index in [0.717, 1.165) is 10.6 Å². The van der Waals surface area contributed by atoms with Gasteiger partial charge >= 0.3 is 6.03 Å². The maximum absolute atomic E-state index is 12.4. The smallest absolute Gasteiger partial charge is 0.331 e. The molecule has 2 N–H and O–H groups in total. The van der Waals surface area contributed by atoms with Crippen molar-refractivity contribution in [2.24, 2.45) is 4.99 Å². The minimum Gasteiger partial charge on any atom is -0.458 e. The van der Waals surface area contributed by atoms with Gasteiger partial charge in [-0.1, -0.05) is 11.6 Å². The number of fused-ring (bicyclic) bond motifs is 1. The second-order valence-corrected chi connectivity index (χ2v) is 5.28. The van der Waals surface area contributed by atoms with Crippen LogP contribution in [0.5, 0.6) is 11.5 Å². The number of urea groups is 1. The lowest BCUT2D eigenvalue weighted by Crippen LogP contribution is -2.50. The number of carbonyl (C=O) groups excluding carboxylic acids is 2. The monoisotopic (exact) mass is 348 g/mol. The Morgan fingerprint density at radius 2 is 2.12 bits per heavy atom. The molecule has 2 aliphatic rings. The summed E-state index contributed by atoms with van der Waals surface area (Å²) in [6, 6.07) is 4.00. The highest BCUT2D eigenvalue weighted by Crippen LogP contribution is 2.34. The maximum Gasteiger partial charge on any atom is 0.331 e. The molecule has 0 saturated carbocycles. The summed E-state index contributed by atoms with van der Waals surface area (Å²) in [7, 11) is 0. The molecule has 3 amide bonds. The molecule has 0 saturated heterocycles. The molecule has 0 aromatic heterocycles. The second-order valence-electron chi connectivity index (χ2n) is 4.89. The van der Waals surface area contributed by atoms with E-state index in [-0.39, 0.29) is 5.17 Å². The number of nitrogens with zero attached hydrogens (tertiary/aromatic N) is 2. The Balaban J connectivity index is 1.76. The average Bonchev–Trinajstić information content (AvgIpc) is 2.54. The first-order valence-corrected chi connectivity index (χ1v) is 7.30. The lowest BCUT2D eigenvalue weighted by molar-refractivity contribution is -0.106. The number of halogens is 1. The summed E-state index contributed by atoms with van der Waals surface area (Å²) in [6.45, 7) is 1.78. The number of anilines is 1. The van der Waals surface area contributed by atoms with Gasteiger partial charge in [0.25, 0.3) is 0 Å². The predicted molar refractivity (Wildman–Crippen MR) is 87.9 cm³/mol. The number of allylic oxidation sites excluding steroid dienone is 2. The van der Waals surface area contributed by atoms with Gasteiger partial charge in [0, 0.05) is 11.8 Å². The maximum atomic E-state index is 12.4. The summed E-state index contributed by atoms with van der Waals surface area (Å²) in [5, 5.41) is 5.72. The molecule has 24 heavy (non-hydrogen) atoms. The number of imide groups is 1. The molecule has 1 aromatic carbocycles. The minimum atomic E-state index is -0.766. The van der Waals surface area contributed by atoms with E-state index in [1.54, 1.807) is 25.1 Å². The zero-order chi connectivity index (χ0) is 17.1. The van der Waals surface area contributed by atoms with Crippen LogP contribution in [0, 0.1) is 0 Å². The lowest BCUT2D eigenvalue weighted by atomic mass is 10.2. The normalized spacial score (nSPS) is 18.0. The van der Waals surface area contributed by atoms with Gasteiger partial charge in [-0.05, 0) is 25.1 Å². The van der Waals surface area contributed by atoms with Crippen LogP contribution >= 0.6 is 11.6 Å². The summed E-state index contributed by atoms with van der Waals surface area (Å²) in [5.74, 6) is 0.879. The molecule has 2 aliphatic heterocycles. The first kappa shape index (κ1) is 15.9. The average molecular weight is 349 g/mol. The second kappa shape index (κ2) is 6.63. The molecule has 9 heteroatoms. The van der Waals surface area contributed by atoms with Crippen LogP contribution in [0.4, 0.5) is 10.5 Å².